The van der Waals surface area contributed by atoms with Gasteiger partial charge in [-0.05, 0) is 12.5 Å². The first kappa shape index (κ1) is 15.6. The number of benzene rings is 1. The van der Waals surface area contributed by atoms with Gasteiger partial charge < -0.3 is 15.6 Å². The lowest BCUT2D eigenvalue weighted by molar-refractivity contribution is -0.385. The molecule has 0 bridgehead atoms. The summed E-state index contributed by atoms with van der Waals surface area (Å²) in [6.45, 7) is -0.0764. The van der Waals surface area contributed by atoms with Gasteiger partial charge in [-0.2, -0.15) is 0 Å². The summed E-state index contributed by atoms with van der Waals surface area (Å²) in [6, 6.07) is 3.76. The number of nitrogens with zero attached hydrogens (tertiary/aromatic N) is 1. The number of methoxy groups -OCH3 is 1. The fourth-order valence-corrected chi connectivity index (χ4v) is 1.42. The highest BCUT2D eigenvalue weighted by atomic mass is 35.5. The van der Waals surface area contributed by atoms with E-state index in [0.717, 1.165) is 0 Å². The summed E-state index contributed by atoms with van der Waals surface area (Å²) >= 11 is 0. The van der Waals surface area contributed by atoms with Crippen LogP contribution in [0.5, 0.6) is 5.75 Å². The Morgan fingerprint density at radius 1 is 1.59 bits per heavy atom. The molecule has 1 aromatic rings. The first-order chi connectivity index (χ1) is 7.60. The minimum atomic E-state index is -0.491. The normalized spacial score (nSPS) is 11.5. The van der Waals surface area contributed by atoms with E-state index in [9.17, 15) is 10.1 Å². The maximum Gasteiger partial charge on any atom is 0.270 e. The molecule has 0 aromatic heterocycles. The van der Waals surface area contributed by atoms with E-state index in [1.165, 1.54) is 25.3 Å². The molecule has 1 unspecified atom stereocenters. The zero-order valence-corrected chi connectivity index (χ0v) is 10.1. The van der Waals surface area contributed by atoms with Crippen LogP contribution in [0.4, 0.5) is 5.69 Å². The Bertz CT molecular complexity index is 387. The molecule has 0 saturated carbocycles. The van der Waals surface area contributed by atoms with Crippen LogP contribution in [0.1, 0.15) is 18.0 Å². The Hall–Kier alpha value is -1.37. The van der Waals surface area contributed by atoms with Crippen molar-refractivity contribution in [3.05, 3.63) is 33.9 Å². The minimum absolute atomic E-state index is 0. The molecule has 0 spiro atoms. The number of non-ortho nitro benzene ring substituents is 1. The predicted molar refractivity (Wildman–Crippen MR) is 65.5 cm³/mol. The molecule has 0 aliphatic carbocycles. The van der Waals surface area contributed by atoms with Crippen LogP contribution in [0.15, 0.2) is 18.2 Å². The number of nitro groups is 1. The highest BCUT2D eigenvalue weighted by Gasteiger charge is 2.16. The van der Waals surface area contributed by atoms with Crippen molar-refractivity contribution in [2.75, 3.05) is 13.7 Å². The summed E-state index contributed by atoms with van der Waals surface area (Å²) in [4.78, 5) is 10.1. The van der Waals surface area contributed by atoms with E-state index in [2.05, 4.69) is 0 Å². The lowest BCUT2D eigenvalue weighted by atomic mass is 10.0. The number of hydrogen-bond donors (Lipinski definition) is 2. The van der Waals surface area contributed by atoms with E-state index >= 15 is 0 Å². The van der Waals surface area contributed by atoms with Gasteiger partial charge in [0.1, 0.15) is 5.75 Å². The van der Waals surface area contributed by atoms with Gasteiger partial charge in [0.2, 0.25) is 0 Å². The molecular formula is C10H15ClN2O4. The van der Waals surface area contributed by atoms with Crippen LogP contribution in [0.2, 0.25) is 0 Å². The maximum absolute atomic E-state index is 10.6. The molecule has 0 heterocycles. The van der Waals surface area contributed by atoms with Gasteiger partial charge in [-0.3, -0.25) is 10.1 Å². The predicted octanol–water partition coefficient (Wildman–Crippen LogP) is 1.41. The second kappa shape index (κ2) is 7.05. The van der Waals surface area contributed by atoms with Crippen molar-refractivity contribution in [3.63, 3.8) is 0 Å². The molecule has 6 nitrogen and oxygen atoms in total. The highest BCUT2D eigenvalue weighted by Crippen LogP contribution is 2.29. The molecular weight excluding hydrogens is 248 g/mol. The Morgan fingerprint density at radius 2 is 2.24 bits per heavy atom. The van der Waals surface area contributed by atoms with E-state index in [0.29, 0.717) is 17.7 Å². The van der Waals surface area contributed by atoms with E-state index in [4.69, 9.17) is 15.6 Å². The van der Waals surface area contributed by atoms with Crippen LogP contribution in [0.25, 0.3) is 0 Å². The second-order valence-corrected chi connectivity index (χ2v) is 3.30. The van der Waals surface area contributed by atoms with Crippen molar-refractivity contribution in [2.45, 2.75) is 12.5 Å². The van der Waals surface area contributed by atoms with Crippen LogP contribution in [-0.4, -0.2) is 23.7 Å². The van der Waals surface area contributed by atoms with Gasteiger partial charge in [-0.25, -0.2) is 0 Å². The van der Waals surface area contributed by atoms with Gasteiger partial charge in [-0.15, -0.1) is 12.4 Å². The highest BCUT2D eigenvalue weighted by molar-refractivity contribution is 5.85. The average Bonchev–Trinajstić information content (AvgIpc) is 2.28. The quantitative estimate of drug-likeness (QED) is 0.617. The summed E-state index contributed by atoms with van der Waals surface area (Å²) in [6.07, 6.45) is 0.331. The van der Waals surface area contributed by atoms with Gasteiger partial charge in [0.05, 0.1) is 12.0 Å². The van der Waals surface area contributed by atoms with E-state index in [1.54, 1.807) is 0 Å². The van der Waals surface area contributed by atoms with Crippen molar-refractivity contribution in [1.82, 2.24) is 0 Å². The van der Waals surface area contributed by atoms with Crippen molar-refractivity contribution in [3.8, 4) is 5.75 Å². The smallest absolute Gasteiger partial charge is 0.270 e. The molecule has 0 saturated heterocycles. The maximum atomic E-state index is 10.6. The molecule has 1 atom stereocenters. The number of halogens is 1. The van der Waals surface area contributed by atoms with Crippen LogP contribution < -0.4 is 10.5 Å². The molecule has 0 amide bonds. The molecule has 3 N–H and O–H groups in total. The largest absolute Gasteiger partial charge is 0.496 e. The summed E-state index contributed by atoms with van der Waals surface area (Å²) in [5, 5.41) is 19.4. The molecule has 7 heteroatoms. The number of aliphatic hydroxyl groups excluding tert-OH is 1. The summed E-state index contributed by atoms with van der Waals surface area (Å²) in [5.74, 6) is 0.492. The summed E-state index contributed by atoms with van der Waals surface area (Å²) in [5.41, 5.74) is 6.28. The number of aliphatic hydroxyl groups is 1. The van der Waals surface area contributed by atoms with Crippen molar-refractivity contribution in [1.29, 1.82) is 0 Å². The van der Waals surface area contributed by atoms with Crippen LogP contribution in [-0.2, 0) is 0 Å². The molecule has 1 aromatic carbocycles. The van der Waals surface area contributed by atoms with Crippen molar-refractivity contribution >= 4 is 18.1 Å². The number of nitro benzene ring substituents is 1. The standard InChI is InChI=1S/C10H14N2O4.ClH/c1-16-10-3-2-7(12(14)15)6-8(10)9(11)4-5-13;/h2-3,6,9,13H,4-5,11H2,1H3;1H. The molecule has 0 aliphatic rings. The lowest BCUT2D eigenvalue weighted by Crippen LogP contribution is -2.13. The van der Waals surface area contributed by atoms with Crippen molar-refractivity contribution in [2.24, 2.45) is 5.73 Å². The number of rotatable bonds is 5. The third-order valence-corrected chi connectivity index (χ3v) is 2.26. The van der Waals surface area contributed by atoms with Gasteiger partial charge in [-0.1, -0.05) is 0 Å². The third kappa shape index (κ3) is 3.85. The second-order valence-electron chi connectivity index (χ2n) is 3.30. The zero-order valence-electron chi connectivity index (χ0n) is 9.33. The van der Waals surface area contributed by atoms with E-state index < -0.39 is 11.0 Å². The lowest BCUT2D eigenvalue weighted by Gasteiger charge is -2.14. The van der Waals surface area contributed by atoms with Crippen molar-refractivity contribution < 1.29 is 14.8 Å². The third-order valence-electron chi connectivity index (χ3n) is 2.26. The molecule has 0 fully saturated rings. The molecule has 1 rings (SSSR count). The zero-order chi connectivity index (χ0) is 12.1. The van der Waals surface area contributed by atoms with Crippen LogP contribution in [0.3, 0.4) is 0 Å². The monoisotopic (exact) mass is 262 g/mol. The van der Waals surface area contributed by atoms with Gasteiger partial charge >= 0.3 is 0 Å². The number of hydrogen-bond acceptors (Lipinski definition) is 5. The summed E-state index contributed by atoms with van der Waals surface area (Å²) < 4.78 is 5.06. The average molecular weight is 263 g/mol. The van der Waals surface area contributed by atoms with Crippen LogP contribution in [0, 0.1) is 10.1 Å². The number of ether oxygens (including phenoxy) is 1. The first-order valence-corrected chi connectivity index (χ1v) is 4.79. The SMILES string of the molecule is COc1ccc([N+](=O)[O-])cc1C(N)CCO.Cl. The Morgan fingerprint density at radius 3 is 2.71 bits per heavy atom. The fraction of sp³-hybridized carbons (Fsp3) is 0.400. The Labute approximate surface area is 105 Å². The van der Waals surface area contributed by atoms with Gasteiger partial charge in [0.25, 0.3) is 5.69 Å². The Balaban J connectivity index is 0.00000256. The molecule has 96 valence electrons. The first-order valence-electron chi connectivity index (χ1n) is 4.79. The van der Waals surface area contributed by atoms with Crippen LogP contribution >= 0.6 is 12.4 Å². The Kier molecular flexibility index (Phi) is 6.48. The van der Waals surface area contributed by atoms with E-state index in [1.807, 2.05) is 0 Å². The molecule has 0 aliphatic heterocycles. The summed E-state index contributed by atoms with van der Waals surface area (Å²) in [7, 11) is 1.47. The molecule has 17 heavy (non-hydrogen) atoms. The van der Waals surface area contributed by atoms with Gasteiger partial charge in [0.15, 0.2) is 0 Å². The topological polar surface area (TPSA) is 98.6 Å². The number of nitrogens with two attached hydrogens (primary N) is 1. The fourth-order valence-electron chi connectivity index (χ4n) is 1.42. The van der Waals surface area contributed by atoms with Gasteiger partial charge in [0, 0.05) is 30.3 Å². The molecule has 0 radical (unpaired) electrons. The minimum Gasteiger partial charge on any atom is -0.496 e. The van der Waals surface area contributed by atoms with E-state index in [-0.39, 0.29) is 24.7 Å².